The minimum atomic E-state index is -0.420. The molecule has 1 aliphatic rings. The van der Waals surface area contributed by atoms with Gasteiger partial charge in [0.15, 0.2) is 11.5 Å². The molecule has 3 aromatic rings. The summed E-state index contributed by atoms with van der Waals surface area (Å²) in [5.41, 5.74) is 4.21. The third-order valence-electron chi connectivity index (χ3n) is 5.13. The number of fused-ring (bicyclic) bond motifs is 3. The van der Waals surface area contributed by atoms with E-state index in [2.05, 4.69) is 14.9 Å². The minimum Gasteiger partial charge on any atom is -0.493 e. The molecule has 0 spiro atoms. The molecule has 1 aromatic heterocycles. The van der Waals surface area contributed by atoms with E-state index in [-0.39, 0.29) is 11.1 Å². The van der Waals surface area contributed by atoms with Crippen molar-refractivity contribution in [3.05, 3.63) is 58.5 Å². The summed E-state index contributed by atoms with van der Waals surface area (Å²) in [4.78, 5) is 4.57. The lowest BCUT2D eigenvalue weighted by Gasteiger charge is -2.23. The molecule has 1 aliphatic heterocycles. The topological polar surface area (TPSA) is 48.3 Å². The monoisotopic (exact) mass is 401 g/mol. The van der Waals surface area contributed by atoms with Crippen molar-refractivity contribution in [3.8, 4) is 22.8 Å². The highest BCUT2D eigenvalue weighted by Gasteiger charge is 2.23. The van der Waals surface area contributed by atoms with Crippen LogP contribution in [0.15, 0.2) is 36.5 Å². The van der Waals surface area contributed by atoms with Gasteiger partial charge in [-0.2, -0.15) is 0 Å². The van der Waals surface area contributed by atoms with E-state index in [1.54, 1.807) is 26.4 Å². The molecule has 0 saturated carbocycles. The Labute approximate surface area is 168 Å². The first-order valence-corrected chi connectivity index (χ1v) is 9.42. The average molecular weight is 402 g/mol. The lowest BCUT2D eigenvalue weighted by molar-refractivity contribution is 0.354. The van der Waals surface area contributed by atoms with Crippen molar-refractivity contribution in [1.29, 1.82) is 0 Å². The quantitative estimate of drug-likeness (QED) is 0.647. The first-order chi connectivity index (χ1) is 13.5. The normalized spacial score (nSPS) is 13.5. The molecule has 2 heterocycles. The number of benzene rings is 2. The fourth-order valence-electron chi connectivity index (χ4n) is 3.59. The third kappa shape index (κ3) is 3.18. The van der Waals surface area contributed by atoms with E-state index in [0.29, 0.717) is 5.75 Å². The fourth-order valence-corrected chi connectivity index (χ4v) is 3.78. The molecule has 0 aliphatic carbocycles. The Kier molecular flexibility index (Phi) is 4.89. The van der Waals surface area contributed by atoms with Crippen molar-refractivity contribution in [1.82, 2.24) is 9.55 Å². The summed E-state index contributed by atoms with van der Waals surface area (Å²) in [6.45, 7) is 2.80. The number of aryl methyl sites for hydroxylation is 1. The number of hydrogen-bond acceptors (Lipinski definition) is 4. The summed E-state index contributed by atoms with van der Waals surface area (Å²) < 4.78 is 26.5. The van der Waals surface area contributed by atoms with Crippen LogP contribution in [0.2, 0.25) is 5.02 Å². The van der Waals surface area contributed by atoms with Gasteiger partial charge in [-0.25, -0.2) is 9.37 Å². The zero-order valence-corrected chi connectivity index (χ0v) is 16.7. The number of halogens is 2. The number of methoxy groups -OCH3 is 2. The highest BCUT2D eigenvalue weighted by Crippen LogP contribution is 2.39. The Morgan fingerprint density at radius 3 is 2.64 bits per heavy atom. The maximum atomic E-state index is 13.4. The lowest BCUT2D eigenvalue weighted by atomic mass is 9.98. The zero-order valence-electron chi connectivity index (χ0n) is 15.9. The summed E-state index contributed by atoms with van der Waals surface area (Å²) in [5.74, 6) is 1.77. The Morgan fingerprint density at radius 1 is 1.18 bits per heavy atom. The standard InChI is InChI=1S/C21H21ClFN3O2/c1-12(13-4-5-17(23)16(22)8-13)25-21-24-11-18-15-10-20(28-3)19(27-2)9-14(15)6-7-26(18)21/h4-5,8-12H,6-7H2,1-3H3,(H,24,25). The number of rotatable bonds is 5. The summed E-state index contributed by atoms with van der Waals surface area (Å²) in [6, 6.07) is 8.70. The van der Waals surface area contributed by atoms with Crippen molar-refractivity contribution >= 4 is 17.5 Å². The van der Waals surface area contributed by atoms with Gasteiger partial charge in [0.2, 0.25) is 5.95 Å². The number of ether oxygens (including phenoxy) is 2. The van der Waals surface area contributed by atoms with Gasteiger partial charge in [-0.15, -0.1) is 0 Å². The van der Waals surface area contributed by atoms with Crippen LogP contribution < -0.4 is 14.8 Å². The highest BCUT2D eigenvalue weighted by molar-refractivity contribution is 6.30. The molecule has 0 bridgehead atoms. The largest absolute Gasteiger partial charge is 0.493 e. The Balaban J connectivity index is 1.65. The smallest absolute Gasteiger partial charge is 0.203 e. The Hall–Kier alpha value is -2.73. The van der Waals surface area contributed by atoms with Crippen molar-refractivity contribution in [2.24, 2.45) is 0 Å². The van der Waals surface area contributed by atoms with Crippen LogP contribution in [-0.2, 0) is 13.0 Å². The summed E-state index contributed by atoms with van der Waals surface area (Å²) in [7, 11) is 3.27. The molecule has 0 fully saturated rings. The number of nitrogens with one attached hydrogen (secondary N) is 1. The van der Waals surface area contributed by atoms with Crippen molar-refractivity contribution in [2.75, 3.05) is 19.5 Å². The minimum absolute atomic E-state index is 0.0728. The molecule has 2 aromatic carbocycles. The van der Waals surface area contributed by atoms with E-state index in [4.69, 9.17) is 21.1 Å². The molecule has 0 amide bonds. The van der Waals surface area contributed by atoms with Crippen LogP contribution in [0.1, 0.15) is 24.1 Å². The summed E-state index contributed by atoms with van der Waals surface area (Å²) >= 11 is 5.92. The first kappa shape index (κ1) is 18.6. The van der Waals surface area contributed by atoms with E-state index in [1.807, 2.05) is 25.3 Å². The molecule has 1 unspecified atom stereocenters. The number of anilines is 1. The van der Waals surface area contributed by atoms with Gasteiger partial charge in [-0.1, -0.05) is 17.7 Å². The summed E-state index contributed by atoms with van der Waals surface area (Å²) in [6.07, 6.45) is 2.72. The van der Waals surface area contributed by atoms with Crippen LogP contribution in [-0.4, -0.2) is 23.8 Å². The molecular formula is C21H21ClFN3O2. The van der Waals surface area contributed by atoms with Gasteiger partial charge in [0, 0.05) is 12.1 Å². The second kappa shape index (κ2) is 7.36. The molecule has 5 nitrogen and oxygen atoms in total. The molecule has 0 saturated heterocycles. The Bertz CT molecular complexity index is 1030. The van der Waals surface area contributed by atoms with Crippen molar-refractivity contribution in [2.45, 2.75) is 25.9 Å². The molecule has 0 radical (unpaired) electrons. The molecule has 28 heavy (non-hydrogen) atoms. The maximum absolute atomic E-state index is 13.4. The van der Waals surface area contributed by atoms with Crippen LogP contribution in [0.5, 0.6) is 11.5 Å². The van der Waals surface area contributed by atoms with E-state index in [1.165, 1.54) is 11.6 Å². The predicted octanol–water partition coefficient (Wildman–Crippen LogP) is 5.09. The Morgan fingerprint density at radius 2 is 1.93 bits per heavy atom. The number of imidazole rings is 1. The van der Waals surface area contributed by atoms with E-state index < -0.39 is 5.82 Å². The van der Waals surface area contributed by atoms with Crippen LogP contribution in [0.4, 0.5) is 10.3 Å². The second-order valence-electron chi connectivity index (χ2n) is 6.77. The number of aromatic nitrogens is 2. The second-order valence-corrected chi connectivity index (χ2v) is 7.18. The fraction of sp³-hybridized carbons (Fsp3) is 0.286. The van der Waals surface area contributed by atoms with Gasteiger partial charge in [0.25, 0.3) is 0 Å². The van der Waals surface area contributed by atoms with Crippen LogP contribution in [0.3, 0.4) is 0 Å². The van der Waals surface area contributed by atoms with Gasteiger partial charge in [0.1, 0.15) is 5.82 Å². The van der Waals surface area contributed by atoms with Crippen molar-refractivity contribution < 1.29 is 13.9 Å². The molecule has 1 atom stereocenters. The molecule has 1 N–H and O–H groups in total. The van der Waals surface area contributed by atoms with Gasteiger partial charge >= 0.3 is 0 Å². The molecule has 4 rings (SSSR count). The average Bonchev–Trinajstić information content (AvgIpc) is 3.11. The van der Waals surface area contributed by atoms with Gasteiger partial charge in [-0.3, -0.25) is 0 Å². The van der Waals surface area contributed by atoms with Gasteiger partial charge in [0.05, 0.1) is 37.2 Å². The molecule has 7 heteroatoms. The highest BCUT2D eigenvalue weighted by atomic mass is 35.5. The van der Waals surface area contributed by atoms with Gasteiger partial charge < -0.3 is 19.4 Å². The van der Waals surface area contributed by atoms with E-state index in [0.717, 1.165) is 41.5 Å². The van der Waals surface area contributed by atoms with Crippen molar-refractivity contribution in [3.63, 3.8) is 0 Å². The summed E-state index contributed by atoms with van der Waals surface area (Å²) in [5, 5.41) is 3.53. The number of hydrogen-bond donors (Lipinski definition) is 1. The van der Waals surface area contributed by atoms with E-state index in [9.17, 15) is 4.39 Å². The number of nitrogens with zero attached hydrogens (tertiary/aromatic N) is 2. The van der Waals surface area contributed by atoms with Crippen LogP contribution in [0, 0.1) is 5.82 Å². The van der Waals surface area contributed by atoms with E-state index >= 15 is 0 Å². The molecule has 146 valence electrons. The third-order valence-corrected chi connectivity index (χ3v) is 5.42. The lowest BCUT2D eigenvalue weighted by Crippen LogP contribution is -2.16. The molecular weight excluding hydrogens is 381 g/mol. The van der Waals surface area contributed by atoms with Crippen LogP contribution >= 0.6 is 11.6 Å². The van der Waals surface area contributed by atoms with Crippen LogP contribution in [0.25, 0.3) is 11.3 Å². The predicted molar refractivity (Wildman–Crippen MR) is 108 cm³/mol. The SMILES string of the molecule is COc1cc2c(cc1OC)-c1cnc(NC(C)c3ccc(F)c(Cl)c3)n1CC2. The maximum Gasteiger partial charge on any atom is 0.203 e. The first-order valence-electron chi connectivity index (χ1n) is 9.04. The zero-order chi connectivity index (χ0) is 19.8. The van der Waals surface area contributed by atoms with Gasteiger partial charge in [-0.05, 0) is 48.7 Å².